The van der Waals surface area contributed by atoms with Crippen molar-refractivity contribution in [1.82, 2.24) is 14.4 Å². The Labute approximate surface area is 190 Å². The number of imidazole rings is 1. The fourth-order valence-electron chi connectivity index (χ4n) is 3.37. The molecule has 0 unspecified atom stereocenters. The van der Waals surface area contributed by atoms with Crippen LogP contribution in [0.15, 0.2) is 77.0 Å². The van der Waals surface area contributed by atoms with E-state index in [-0.39, 0.29) is 33.8 Å². The predicted molar refractivity (Wildman–Crippen MR) is 120 cm³/mol. The van der Waals surface area contributed by atoms with Crippen LogP contribution in [0.25, 0.3) is 5.78 Å². The van der Waals surface area contributed by atoms with E-state index in [1.165, 1.54) is 24.4 Å². The molecular formula is C24H22FN3O4S. The van der Waals surface area contributed by atoms with Gasteiger partial charge < -0.3 is 4.74 Å². The maximum absolute atomic E-state index is 13.7. The number of rotatable bonds is 8. The summed E-state index contributed by atoms with van der Waals surface area (Å²) < 4.78 is 47.1. The monoisotopic (exact) mass is 467 g/mol. The molecule has 0 aliphatic carbocycles. The Hall–Kier alpha value is -3.59. The van der Waals surface area contributed by atoms with Crippen LogP contribution in [0, 0.1) is 5.82 Å². The average Bonchev–Trinajstić information content (AvgIpc) is 3.25. The number of carbonyl (C=O) groups is 1. The number of hydrogen-bond acceptors (Lipinski definition) is 6. The number of nitrogens with zero attached hydrogens (tertiary/aromatic N) is 3. The second-order valence-electron chi connectivity index (χ2n) is 7.81. The van der Waals surface area contributed by atoms with Crippen molar-refractivity contribution in [3.63, 3.8) is 0 Å². The van der Waals surface area contributed by atoms with Gasteiger partial charge in [0.1, 0.15) is 16.5 Å². The van der Waals surface area contributed by atoms with Crippen molar-refractivity contribution in [2.45, 2.75) is 42.6 Å². The number of aromatic nitrogens is 3. The first kappa shape index (κ1) is 22.6. The zero-order valence-corrected chi connectivity index (χ0v) is 18.9. The molecule has 0 saturated heterocycles. The van der Waals surface area contributed by atoms with Gasteiger partial charge in [0, 0.05) is 37.3 Å². The molecule has 2 aromatic carbocycles. The lowest BCUT2D eigenvalue weighted by Gasteiger charge is -2.15. The third kappa shape index (κ3) is 4.93. The Balaban J connectivity index is 1.49. The van der Waals surface area contributed by atoms with Gasteiger partial charge in [0.2, 0.25) is 15.6 Å². The zero-order valence-electron chi connectivity index (χ0n) is 18.1. The van der Waals surface area contributed by atoms with Crippen molar-refractivity contribution in [2.75, 3.05) is 0 Å². The van der Waals surface area contributed by atoms with Gasteiger partial charge in [-0.3, -0.25) is 9.20 Å². The zero-order chi connectivity index (χ0) is 23.6. The lowest BCUT2D eigenvalue weighted by atomic mass is 10.0. The number of Topliss-reactive ketones (excluding diaryl/α,β-unsaturated/α-hetero) is 1. The Bertz CT molecular complexity index is 1410. The van der Waals surface area contributed by atoms with Crippen LogP contribution in [0.1, 0.15) is 36.2 Å². The van der Waals surface area contributed by atoms with Crippen LogP contribution in [-0.4, -0.2) is 34.7 Å². The summed E-state index contributed by atoms with van der Waals surface area (Å²) in [7, 11) is -3.91. The van der Waals surface area contributed by atoms with E-state index in [0.717, 1.165) is 17.7 Å². The molecule has 170 valence electrons. The maximum Gasteiger partial charge on any atom is 0.233 e. The quantitative estimate of drug-likeness (QED) is 0.283. The molecule has 0 amide bonds. The van der Waals surface area contributed by atoms with Crippen molar-refractivity contribution >= 4 is 21.4 Å². The van der Waals surface area contributed by atoms with E-state index < -0.39 is 15.7 Å². The van der Waals surface area contributed by atoms with Gasteiger partial charge in [0.05, 0.1) is 16.6 Å². The molecular weight excluding hydrogens is 445 g/mol. The van der Waals surface area contributed by atoms with E-state index in [9.17, 15) is 17.6 Å². The summed E-state index contributed by atoms with van der Waals surface area (Å²) in [6.45, 7) is 3.47. The highest BCUT2D eigenvalue weighted by molar-refractivity contribution is 7.91. The molecule has 0 spiro atoms. The van der Waals surface area contributed by atoms with Crippen molar-refractivity contribution in [1.29, 1.82) is 0 Å². The second kappa shape index (κ2) is 9.11. The van der Waals surface area contributed by atoms with Gasteiger partial charge in [-0.05, 0) is 50.1 Å². The molecule has 0 N–H and O–H groups in total. The van der Waals surface area contributed by atoms with Crippen LogP contribution >= 0.6 is 0 Å². The minimum atomic E-state index is -3.91. The summed E-state index contributed by atoms with van der Waals surface area (Å²) in [5.41, 5.74) is 1.30. The van der Waals surface area contributed by atoms with Crippen molar-refractivity contribution < 1.29 is 22.3 Å². The highest BCUT2D eigenvalue weighted by Crippen LogP contribution is 2.31. The molecule has 0 aliphatic heterocycles. The number of hydrogen-bond donors (Lipinski definition) is 0. The minimum absolute atomic E-state index is 0.0249. The highest BCUT2D eigenvalue weighted by atomic mass is 32.2. The normalized spacial score (nSPS) is 11.8. The van der Waals surface area contributed by atoms with Crippen LogP contribution in [0.3, 0.4) is 0 Å². The number of fused-ring (bicyclic) bond motifs is 1. The van der Waals surface area contributed by atoms with Crippen LogP contribution in [-0.2, 0) is 16.3 Å². The second-order valence-corrected chi connectivity index (χ2v) is 9.72. The van der Waals surface area contributed by atoms with Crippen molar-refractivity contribution in [2.24, 2.45) is 0 Å². The molecule has 0 atom stereocenters. The Kier molecular flexibility index (Phi) is 6.24. The molecule has 0 fully saturated rings. The summed E-state index contributed by atoms with van der Waals surface area (Å²) in [4.78, 5) is 20.7. The molecule has 0 bridgehead atoms. The van der Waals surface area contributed by atoms with Crippen LogP contribution in [0.4, 0.5) is 4.39 Å². The van der Waals surface area contributed by atoms with Gasteiger partial charge in [0.15, 0.2) is 5.78 Å². The number of ether oxygens (including phenoxy) is 1. The Morgan fingerprint density at radius 1 is 1.12 bits per heavy atom. The third-order valence-electron chi connectivity index (χ3n) is 5.00. The minimum Gasteiger partial charge on any atom is -0.490 e. The highest BCUT2D eigenvalue weighted by Gasteiger charge is 2.23. The van der Waals surface area contributed by atoms with E-state index in [0.29, 0.717) is 17.8 Å². The van der Waals surface area contributed by atoms with Gasteiger partial charge in [-0.15, -0.1) is 0 Å². The molecule has 4 rings (SSSR count). The molecule has 7 nitrogen and oxygen atoms in total. The number of sulfone groups is 1. The standard InChI is InChI=1S/C24H22FN3O4S/c1-16(2)32-22-13-19(25)6-10-23(22)33(30,31)20-7-3-17(4-8-20)5-9-21(29)18-14-27-24-26-11-12-28(24)15-18/h3-4,6-8,10-16H,5,9H2,1-2H3. The number of aryl methyl sites for hydroxylation is 1. The van der Waals surface area contributed by atoms with E-state index in [1.807, 2.05) is 0 Å². The lowest BCUT2D eigenvalue weighted by Crippen LogP contribution is -2.11. The van der Waals surface area contributed by atoms with E-state index in [2.05, 4.69) is 9.97 Å². The number of benzene rings is 2. The Morgan fingerprint density at radius 2 is 1.88 bits per heavy atom. The average molecular weight is 468 g/mol. The largest absolute Gasteiger partial charge is 0.490 e. The number of carbonyl (C=O) groups excluding carboxylic acids is 1. The maximum atomic E-state index is 13.7. The SMILES string of the molecule is CC(C)Oc1cc(F)ccc1S(=O)(=O)c1ccc(CCC(=O)c2cnc3nccn3c2)cc1. The molecule has 0 radical (unpaired) electrons. The van der Waals surface area contributed by atoms with Crippen LogP contribution in [0.2, 0.25) is 0 Å². The molecule has 9 heteroatoms. The first-order valence-electron chi connectivity index (χ1n) is 10.4. The lowest BCUT2D eigenvalue weighted by molar-refractivity contribution is 0.0982. The first-order valence-corrected chi connectivity index (χ1v) is 11.8. The van der Waals surface area contributed by atoms with Crippen molar-refractivity contribution in [3.8, 4) is 5.75 Å². The smallest absolute Gasteiger partial charge is 0.233 e. The number of halogens is 1. The summed E-state index contributed by atoms with van der Waals surface area (Å²) in [5.74, 6) is -0.154. The molecule has 4 aromatic rings. The van der Waals surface area contributed by atoms with E-state index in [1.54, 1.807) is 49.0 Å². The van der Waals surface area contributed by atoms with Gasteiger partial charge in [-0.25, -0.2) is 22.8 Å². The molecule has 0 aliphatic rings. The first-order chi connectivity index (χ1) is 15.7. The van der Waals surface area contributed by atoms with Crippen molar-refractivity contribution in [3.05, 3.63) is 84.2 Å². The van der Waals surface area contributed by atoms with Crippen LogP contribution in [0.5, 0.6) is 5.75 Å². The fraction of sp³-hybridized carbons (Fsp3) is 0.208. The molecule has 33 heavy (non-hydrogen) atoms. The summed E-state index contributed by atoms with van der Waals surface area (Å²) in [6.07, 6.45) is 6.89. The fourth-order valence-corrected chi connectivity index (χ4v) is 4.74. The topological polar surface area (TPSA) is 90.6 Å². The van der Waals surface area contributed by atoms with Gasteiger partial charge in [0.25, 0.3) is 0 Å². The molecule has 2 aromatic heterocycles. The van der Waals surface area contributed by atoms with E-state index in [4.69, 9.17) is 4.74 Å². The van der Waals surface area contributed by atoms with Gasteiger partial charge in [-0.1, -0.05) is 12.1 Å². The predicted octanol–water partition coefficient (Wildman–Crippen LogP) is 4.30. The molecule has 2 heterocycles. The van der Waals surface area contributed by atoms with Gasteiger partial charge >= 0.3 is 0 Å². The summed E-state index contributed by atoms with van der Waals surface area (Å²) >= 11 is 0. The summed E-state index contributed by atoms with van der Waals surface area (Å²) in [5, 5.41) is 0. The Morgan fingerprint density at radius 3 is 2.61 bits per heavy atom. The third-order valence-corrected chi connectivity index (χ3v) is 6.81. The van der Waals surface area contributed by atoms with Crippen LogP contribution < -0.4 is 4.74 Å². The molecule has 0 saturated carbocycles. The van der Waals surface area contributed by atoms with E-state index >= 15 is 0 Å². The summed E-state index contributed by atoms with van der Waals surface area (Å²) in [6, 6.07) is 9.68. The van der Waals surface area contributed by atoms with Gasteiger partial charge in [-0.2, -0.15) is 0 Å². The number of ketones is 1.